The summed E-state index contributed by atoms with van der Waals surface area (Å²) in [6, 6.07) is 9.47. The summed E-state index contributed by atoms with van der Waals surface area (Å²) in [6.07, 6.45) is 2.45. The molecule has 6 nitrogen and oxygen atoms in total. The van der Waals surface area contributed by atoms with E-state index in [1.165, 1.54) is 0 Å². The van der Waals surface area contributed by atoms with Gasteiger partial charge in [0.2, 0.25) is 0 Å². The molecule has 0 saturated carbocycles. The largest absolute Gasteiger partial charge is 0.376 e. The van der Waals surface area contributed by atoms with Crippen molar-refractivity contribution in [3.63, 3.8) is 0 Å². The number of ether oxygens (including phenoxy) is 1. The summed E-state index contributed by atoms with van der Waals surface area (Å²) >= 11 is 0. The molecule has 0 radical (unpaired) electrons. The van der Waals surface area contributed by atoms with Crippen LogP contribution in [0.1, 0.15) is 50.5 Å². The van der Waals surface area contributed by atoms with Gasteiger partial charge in [-0.05, 0) is 57.5 Å². The molecule has 6 heteroatoms. The summed E-state index contributed by atoms with van der Waals surface area (Å²) < 4.78 is 7.97. The molecule has 1 atom stereocenters. The van der Waals surface area contributed by atoms with Crippen LogP contribution in [0.5, 0.6) is 0 Å². The van der Waals surface area contributed by atoms with Gasteiger partial charge in [-0.1, -0.05) is 12.1 Å². The molecule has 3 rings (SSSR count). The fourth-order valence-electron chi connectivity index (χ4n) is 3.96. The SMILES string of the molecule is CNC(=O)c1ccc(CN(C)CC(=O)c2cc(C)n(C[C@H]3CCCO3)c2C)cc1. The third kappa shape index (κ3) is 5.14. The van der Waals surface area contributed by atoms with Crippen molar-refractivity contribution in [1.29, 1.82) is 0 Å². The van der Waals surface area contributed by atoms with Crippen molar-refractivity contribution in [2.45, 2.75) is 45.9 Å². The van der Waals surface area contributed by atoms with Crippen LogP contribution in [0.3, 0.4) is 0 Å². The average Bonchev–Trinajstić information content (AvgIpc) is 3.31. The zero-order valence-electron chi connectivity index (χ0n) is 17.8. The molecule has 1 aromatic carbocycles. The van der Waals surface area contributed by atoms with E-state index in [-0.39, 0.29) is 17.8 Å². The molecule has 1 saturated heterocycles. The van der Waals surface area contributed by atoms with Gasteiger partial charge in [-0.2, -0.15) is 0 Å². The summed E-state index contributed by atoms with van der Waals surface area (Å²) in [5, 5.41) is 2.62. The molecule has 0 aliphatic carbocycles. The van der Waals surface area contributed by atoms with Crippen LogP contribution in [0.25, 0.3) is 0 Å². The number of carbonyl (C=O) groups is 2. The van der Waals surface area contributed by atoms with Crippen LogP contribution >= 0.6 is 0 Å². The van der Waals surface area contributed by atoms with Crippen LogP contribution in [0.4, 0.5) is 0 Å². The molecule has 1 aliphatic heterocycles. The topological polar surface area (TPSA) is 63.6 Å². The van der Waals surface area contributed by atoms with E-state index >= 15 is 0 Å². The lowest BCUT2D eigenvalue weighted by molar-refractivity contribution is 0.0931. The second kappa shape index (κ2) is 9.37. The third-order valence-corrected chi connectivity index (χ3v) is 5.59. The maximum atomic E-state index is 12.9. The number of carbonyl (C=O) groups excluding carboxylic acids is 2. The zero-order valence-corrected chi connectivity index (χ0v) is 17.8. The second-order valence-corrected chi connectivity index (χ2v) is 7.90. The van der Waals surface area contributed by atoms with Gasteiger partial charge in [0.1, 0.15) is 0 Å². The van der Waals surface area contributed by atoms with Crippen LogP contribution in [0.2, 0.25) is 0 Å². The van der Waals surface area contributed by atoms with E-state index in [1.807, 2.05) is 49.2 Å². The molecule has 29 heavy (non-hydrogen) atoms. The maximum Gasteiger partial charge on any atom is 0.251 e. The molecule has 0 bridgehead atoms. The molecule has 156 valence electrons. The first-order valence-corrected chi connectivity index (χ1v) is 10.2. The minimum absolute atomic E-state index is 0.0987. The molecule has 2 aromatic rings. The lowest BCUT2D eigenvalue weighted by atomic mass is 10.1. The molecular weight excluding hydrogens is 366 g/mol. The van der Waals surface area contributed by atoms with Gasteiger partial charge < -0.3 is 14.6 Å². The summed E-state index contributed by atoms with van der Waals surface area (Å²) in [5.74, 6) is 0.0274. The van der Waals surface area contributed by atoms with E-state index in [4.69, 9.17) is 4.74 Å². The maximum absolute atomic E-state index is 12.9. The van der Waals surface area contributed by atoms with Crippen molar-refractivity contribution in [2.75, 3.05) is 27.2 Å². The van der Waals surface area contributed by atoms with Gasteiger partial charge in [0.15, 0.2) is 5.78 Å². The Kier molecular flexibility index (Phi) is 6.87. The van der Waals surface area contributed by atoms with Crippen LogP contribution in [-0.2, 0) is 17.8 Å². The first-order valence-electron chi connectivity index (χ1n) is 10.2. The lowest BCUT2D eigenvalue weighted by Crippen LogP contribution is -2.26. The number of ketones is 1. The Bertz CT molecular complexity index is 864. The van der Waals surface area contributed by atoms with E-state index in [0.29, 0.717) is 18.7 Å². The van der Waals surface area contributed by atoms with Crippen LogP contribution in [0, 0.1) is 13.8 Å². The van der Waals surface area contributed by atoms with Gasteiger partial charge in [-0.25, -0.2) is 0 Å². The Hall–Kier alpha value is -2.44. The van der Waals surface area contributed by atoms with E-state index in [1.54, 1.807) is 7.05 Å². The first-order chi connectivity index (χ1) is 13.9. The molecule has 1 aromatic heterocycles. The van der Waals surface area contributed by atoms with Crippen molar-refractivity contribution in [2.24, 2.45) is 0 Å². The zero-order chi connectivity index (χ0) is 21.0. The normalized spacial score (nSPS) is 16.4. The fraction of sp³-hybridized carbons (Fsp3) is 0.478. The number of benzene rings is 1. The van der Waals surface area contributed by atoms with Gasteiger partial charge in [0, 0.05) is 49.3 Å². The van der Waals surface area contributed by atoms with E-state index in [0.717, 1.165) is 48.5 Å². The average molecular weight is 398 g/mol. The highest BCUT2D eigenvalue weighted by molar-refractivity contribution is 5.99. The van der Waals surface area contributed by atoms with Gasteiger partial charge >= 0.3 is 0 Å². The smallest absolute Gasteiger partial charge is 0.251 e. The quantitative estimate of drug-likeness (QED) is 0.696. The highest BCUT2D eigenvalue weighted by Crippen LogP contribution is 2.21. The summed E-state index contributed by atoms with van der Waals surface area (Å²) in [7, 11) is 3.56. The standard InChI is InChI=1S/C23H31N3O3/c1-16-12-21(17(2)26(16)14-20-6-5-11-29-20)22(27)15-25(4)13-18-7-9-19(10-8-18)23(28)24-3/h7-10,12,20H,5-6,11,13-15H2,1-4H3,(H,24,28)/t20-/m1/s1. The molecule has 1 fully saturated rings. The third-order valence-electron chi connectivity index (χ3n) is 5.59. The van der Waals surface area contributed by atoms with Crippen molar-refractivity contribution in [3.05, 3.63) is 58.4 Å². The van der Waals surface area contributed by atoms with E-state index < -0.39 is 0 Å². The minimum Gasteiger partial charge on any atom is -0.376 e. The van der Waals surface area contributed by atoms with Crippen molar-refractivity contribution < 1.29 is 14.3 Å². The van der Waals surface area contributed by atoms with E-state index in [2.05, 4.69) is 16.8 Å². The number of Topliss-reactive ketones (excluding diaryl/α,β-unsaturated/α-hetero) is 1. The van der Waals surface area contributed by atoms with E-state index in [9.17, 15) is 9.59 Å². The Labute approximate surface area is 172 Å². The Morgan fingerprint density at radius 3 is 2.59 bits per heavy atom. The van der Waals surface area contributed by atoms with Gasteiger partial charge in [-0.15, -0.1) is 0 Å². The number of aromatic nitrogens is 1. The number of rotatable bonds is 8. The number of nitrogens with one attached hydrogen (secondary N) is 1. The van der Waals surface area contributed by atoms with Gasteiger partial charge in [-0.3, -0.25) is 14.5 Å². The molecule has 2 heterocycles. The van der Waals surface area contributed by atoms with Crippen molar-refractivity contribution in [1.82, 2.24) is 14.8 Å². The predicted molar refractivity (Wildman–Crippen MR) is 113 cm³/mol. The fourth-order valence-corrected chi connectivity index (χ4v) is 3.96. The number of aryl methyl sites for hydroxylation is 1. The second-order valence-electron chi connectivity index (χ2n) is 7.90. The number of likely N-dealkylation sites (N-methyl/N-ethyl adjacent to an activating group) is 1. The summed E-state index contributed by atoms with van der Waals surface area (Å²) in [5.41, 5.74) is 4.62. The van der Waals surface area contributed by atoms with Crippen LogP contribution in [-0.4, -0.2) is 54.5 Å². The number of nitrogens with zero attached hydrogens (tertiary/aromatic N) is 2. The Morgan fingerprint density at radius 2 is 1.97 bits per heavy atom. The number of hydrogen-bond donors (Lipinski definition) is 1. The van der Waals surface area contributed by atoms with Crippen molar-refractivity contribution in [3.8, 4) is 0 Å². The van der Waals surface area contributed by atoms with Crippen LogP contribution < -0.4 is 5.32 Å². The molecule has 1 N–H and O–H groups in total. The van der Waals surface area contributed by atoms with Crippen LogP contribution in [0.15, 0.2) is 30.3 Å². The number of hydrogen-bond acceptors (Lipinski definition) is 4. The number of amides is 1. The molecular formula is C23H31N3O3. The highest BCUT2D eigenvalue weighted by Gasteiger charge is 2.21. The summed E-state index contributed by atoms with van der Waals surface area (Å²) in [6.45, 7) is 6.72. The lowest BCUT2D eigenvalue weighted by Gasteiger charge is -2.17. The molecule has 0 unspecified atom stereocenters. The van der Waals surface area contributed by atoms with Gasteiger partial charge in [0.25, 0.3) is 5.91 Å². The molecule has 1 amide bonds. The Balaban J connectivity index is 1.61. The molecule has 1 aliphatic rings. The highest BCUT2D eigenvalue weighted by atomic mass is 16.5. The Morgan fingerprint density at radius 1 is 1.24 bits per heavy atom. The minimum atomic E-state index is -0.0987. The summed E-state index contributed by atoms with van der Waals surface area (Å²) in [4.78, 5) is 26.6. The predicted octanol–water partition coefficient (Wildman–Crippen LogP) is 2.96. The molecule has 0 spiro atoms. The monoisotopic (exact) mass is 397 g/mol. The van der Waals surface area contributed by atoms with Gasteiger partial charge in [0.05, 0.1) is 12.6 Å². The van der Waals surface area contributed by atoms with Crippen molar-refractivity contribution >= 4 is 11.7 Å². The first kappa shape index (κ1) is 21.3.